The number of hydrogen-bond donors (Lipinski definition) is 2. The fourth-order valence-corrected chi connectivity index (χ4v) is 5.41. The van der Waals surface area contributed by atoms with E-state index in [1.807, 2.05) is 42.5 Å². The Kier molecular flexibility index (Phi) is 5.86. The summed E-state index contributed by atoms with van der Waals surface area (Å²) in [4.78, 5) is 11.1. The average molecular weight is 381 g/mol. The van der Waals surface area contributed by atoms with Gasteiger partial charge in [0, 0.05) is 28.1 Å². The molecule has 0 radical (unpaired) electrons. The molecule has 0 bridgehead atoms. The van der Waals surface area contributed by atoms with Gasteiger partial charge >= 0.3 is 0 Å². The van der Waals surface area contributed by atoms with Crippen LogP contribution in [0.25, 0.3) is 0 Å². The number of rotatable bonds is 5. The van der Waals surface area contributed by atoms with Gasteiger partial charge in [-0.3, -0.25) is 4.57 Å². The van der Waals surface area contributed by atoms with Gasteiger partial charge in [0.25, 0.3) is 7.37 Å². The molecule has 0 aromatic heterocycles. The van der Waals surface area contributed by atoms with Gasteiger partial charge in [-0.1, -0.05) is 66.8 Å². The van der Waals surface area contributed by atoms with Crippen LogP contribution in [0.15, 0.2) is 84.2 Å². The molecule has 0 fully saturated rings. The van der Waals surface area contributed by atoms with Gasteiger partial charge in [0.2, 0.25) is 0 Å². The zero-order chi connectivity index (χ0) is 19.5. The highest BCUT2D eigenvalue weighted by atomic mass is 31.2. The summed E-state index contributed by atoms with van der Waals surface area (Å²) in [6, 6.07) is 19.1. The predicted molar refractivity (Wildman–Crippen MR) is 113 cm³/mol. The second kappa shape index (κ2) is 7.98. The molecule has 0 heterocycles. The molecule has 0 saturated heterocycles. The number of allylic oxidation sites excluding steroid dienone is 2. The van der Waals surface area contributed by atoms with Crippen molar-refractivity contribution in [3.05, 3.63) is 89.8 Å². The average Bonchev–Trinajstić information content (AvgIpc) is 2.67. The predicted octanol–water partition coefficient (Wildman–Crippen LogP) is 5.17. The maximum Gasteiger partial charge on any atom is 0.255 e. The molecule has 0 saturated carbocycles. The van der Waals surface area contributed by atoms with E-state index in [9.17, 15) is 9.46 Å². The maximum atomic E-state index is 13.5. The van der Waals surface area contributed by atoms with E-state index in [0.717, 1.165) is 5.56 Å². The van der Waals surface area contributed by atoms with Crippen LogP contribution in [0, 0.1) is 5.92 Å². The summed E-state index contributed by atoms with van der Waals surface area (Å²) in [5.41, 5.74) is 0.978. The lowest BCUT2D eigenvalue weighted by molar-refractivity contribution is 0.331. The van der Waals surface area contributed by atoms with Crippen LogP contribution in [0.4, 0.5) is 0 Å². The minimum absolute atomic E-state index is 0.0850. The largest absolute Gasteiger partial charge is 0.338 e. The Morgan fingerprint density at radius 3 is 2.22 bits per heavy atom. The van der Waals surface area contributed by atoms with E-state index in [0.29, 0.717) is 17.0 Å². The lowest BCUT2D eigenvalue weighted by Gasteiger charge is -2.36. The highest BCUT2D eigenvalue weighted by molar-refractivity contribution is 7.70. The Morgan fingerprint density at radius 1 is 1.04 bits per heavy atom. The van der Waals surface area contributed by atoms with Crippen molar-refractivity contribution >= 4 is 12.7 Å². The molecule has 1 aliphatic carbocycles. The van der Waals surface area contributed by atoms with Crippen LogP contribution in [0.2, 0.25) is 0 Å². The minimum atomic E-state index is -3.65. The molecule has 1 aliphatic rings. The molecule has 0 spiro atoms. The van der Waals surface area contributed by atoms with E-state index in [2.05, 4.69) is 50.4 Å². The normalized spacial score (nSPS) is 20.6. The van der Waals surface area contributed by atoms with Gasteiger partial charge in [0.1, 0.15) is 0 Å². The molecule has 142 valence electrons. The SMILES string of the molecule is CC(C)(C)N[C@H](c1ccccc1)[C@H]1C=CCC=C1P(=O)(O)c1ccccc1. The van der Waals surface area contributed by atoms with Crippen LogP contribution in [0.3, 0.4) is 0 Å². The van der Waals surface area contributed by atoms with Crippen LogP contribution in [0.5, 0.6) is 0 Å². The van der Waals surface area contributed by atoms with Crippen molar-refractivity contribution in [3.63, 3.8) is 0 Å². The molecule has 0 aliphatic heterocycles. The molecule has 1 unspecified atom stereocenters. The molecule has 2 aromatic carbocycles. The standard InChI is InChI=1S/C23H28NO2P/c1-23(2,3)24-22(18-12-6-4-7-13-18)20-16-10-11-17-21(20)27(25,26)19-14-8-5-9-15-19/h4-10,12-17,20,22,24H,11H2,1-3H3,(H,25,26)/t20-,22+/m0/s1. The number of hydrogen-bond acceptors (Lipinski definition) is 2. The van der Waals surface area contributed by atoms with E-state index in [1.165, 1.54) is 0 Å². The first-order chi connectivity index (χ1) is 12.8. The summed E-state index contributed by atoms with van der Waals surface area (Å²) in [6.45, 7) is 6.36. The maximum absolute atomic E-state index is 13.5. The summed E-state index contributed by atoms with van der Waals surface area (Å²) in [5.74, 6) is -0.184. The van der Waals surface area contributed by atoms with Crippen molar-refractivity contribution in [1.29, 1.82) is 0 Å². The van der Waals surface area contributed by atoms with Crippen LogP contribution in [-0.4, -0.2) is 10.4 Å². The van der Waals surface area contributed by atoms with Gasteiger partial charge in [-0.15, -0.1) is 0 Å². The molecule has 3 atom stereocenters. The third kappa shape index (κ3) is 4.68. The third-order valence-electron chi connectivity index (χ3n) is 4.71. The summed E-state index contributed by atoms with van der Waals surface area (Å²) in [5, 5.41) is 4.77. The zero-order valence-corrected chi connectivity index (χ0v) is 17.1. The fraction of sp³-hybridized carbons (Fsp3) is 0.304. The Morgan fingerprint density at radius 2 is 1.63 bits per heavy atom. The van der Waals surface area contributed by atoms with Crippen LogP contribution in [-0.2, 0) is 4.57 Å². The molecule has 3 rings (SSSR count). The van der Waals surface area contributed by atoms with Crippen molar-refractivity contribution in [3.8, 4) is 0 Å². The summed E-state index contributed by atoms with van der Waals surface area (Å²) < 4.78 is 13.5. The zero-order valence-electron chi connectivity index (χ0n) is 16.2. The lowest BCUT2D eigenvalue weighted by atomic mass is 9.87. The van der Waals surface area contributed by atoms with Gasteiger partial charge in [0.15, 0.2) is 0 Å². The molecule has 3 nitrogen and oxygen atoms in total. The first kappa shape index (κ1) is 19.8. The van der Waals surface area contributed by atoms with Crippen LogP contribution >= 0.6 is 7.37 Å². The smallest absolute Gasteiger partial charge is 0.255 e. The Balaban J connectivity index is 2.05. The minimum Gasteiger partial charge on any atom is -0.338 e. The fourth-order valence-electron chi connectivity index (χ4n) is 3.54. The first-order valence-corrected chi connectivity index (χ1v) is 11.0. The lowest BCUT2D eigenvalue weighted by Crippen LogP contribution is -2.42. The number of benzene rings is 2. The monoisotopic (exact) mass is 381 g/mol. The van der Waals surface area contributed by atoms with Crippen molar-refractivity contribution in [2.75, 3.05) is 0 Å². The van der Waals surface area contributed by atoms with Gasteiger partial charge in [-0.2, -0.15) is 0 Å². The second-order valence-electron chi connectivity index (χ2n) is 8.01. The molecule has 4 heteroatoms. The third-order valence-corrected chi connectivity index (χ3v) is 6.89. The Bertz CT molecular complexity index is 866. The summed E-state index contributed by atoms with van der Waals surface area (Å²) in [6.07, 6.45) is 6.77. The van der Waals surface area contributed by atoms with E-state index >= 15 is 0 Å². The topological polar surface area (TPSA) is 49.3 Å². The van der Waals surface area contributed by atoms with Gasteiger partial charge < -0.3 is 10.2 Å². The number of nitrogens with one attached hydrogen (secondary N) is 1. The van der Waals surface area contributed by atoms with E-state index < -0.39 is 7.37 Å². The highest BCUT2D eigenvalue weighted by Crippen LogP contribution is 2.55. The molecule has 2 N–H and O–H groups in total. The van der Waals surface area contributed by atoms with Gasteiger partial charge in [0.05, 0.1) is 0 Å². The summed E-state index contributed by atoms with van der Waals surface area (Å²) >= 11 is 0. The van der Waals surface area contributed by atoms with Crippen LogP contribution < -0.4 is 10.6 Å². The van der Waals surface area contributed by atoms with Crippen LogP contribution in [0.1, 0.15) is 38.8 Å². The van der Waals surface area contributed by atoms with E-state index in [4.69, 9.17) is 0 Å². The summed E-state index contributed by atoms with van der Waals surface area (Å²) in [7, 11) is -3.65. The highest BCUT2D eigenvalue weighted by Gasteiger charge is 2.37. The van der Waals surface area contributed by atoms with Gasteiger partial charge in [-0.25, -0.2) is 0 Å². The molecular formula is C23H28NO2P. The second-order valence-corrected chi connectivity index (χ2v) is 10.2. The van der Waals surface area contributed by atoms with E-state index in [1.54, 1.807) is 12.1 Å². The van der Waals surface area contributed by atoms with Crippen molar-refractivity contribution in [2.24, 2.45) is 5.92 Å². The van der Waals surface area contributed by atoms with Crippen molar-refractivity contribution < 1.29 is 9.46 Å². The van der Waals surface area contributed by atoms with Crippen molar-refractivity contribution in [1.82, 2.24) is 5.32 Å². The molecule has 27 heavy (non-hydrogen) atoms. The molecular weight excluding hydrogens is 353 g/mol. The first-order valence-electron chi connectivity index (χ1n) is 9.37. The molecule has 2 aromatic rings. The van der Waals surface area contributed by atoms with Gasteiger partial charge in [-0.05, 0) is 44.9 Å². The Hall–Kier alpha value is -1.93. The Labute approximate surface area is 162 Å². The van der Waals surface area contributed by atoms with Crippen molar-refractivity contribution in [2.45, 2.75) is 38.8 Å². The quantitative estimate of drug-likeness (QED) is 0.555. The molecule has 0 amide bonds. The van der Waals surface area contributed by atoms with E-state index in [-0.39, 0.29) is 17.5 Å².